The predicted octanol–water partition coefficient (Wildman–Crippen LogP) is 2.31. The number of hydrogen-bond donors (Lipinski definition) is 2. The van der Waals surface area contributed by atoms with Crippen molar-refractivity contribution in [1.82, 2.24) is 20.6 Å². The van der Waals surface area contributed by atoms with Crippen molar-refractivity contribution >= 4 is 16.9 Å². The molecule has 0 spiro atoms. The highest BCUT2D eigenvalue weighted by molar-refractivity contribution is 5.77. The molecule has 0 aliphatic carbocycles. The highest BCUT2D eigenvalue weighted by Crippen LogP contribution is 2.31. The molecule has 0 radical (unpaired) electrons. The van der Waals surface area contributed by atoms with E-state index in [0.29, 0.717) is 11.4 Å². The standard InChI is InChI=1S/C15H16FN7/c16-12-5-4-6-13(14(12)23-7-2-1-3-8-23)18-10-11(9-17)15-19-21-22-20-15/h4-6,10,18H,1-3,7-8H2,(H,19,20,21,22). The van der Waals surface area contributed by atoms with E-state index in [4.69, 9.17) is 0 Å². The average molecular weight is 313 g/mol. The van der Waals surface area contributed by atoms with Gasteiger partial charge in [-0.2, -0.15) is 10.5 Å². The van der Waals surface area contributed by atoms with E-state index in [-0.39, 0.29) is 17.2 Å². The summed E-state index contributed by atoms with van der Waals surface area (Å²) in [4.78, 5) is 2.04. The lowest BCUT2D eigenvalue weighted by atomic mass is 10.1. The van der Waals surface area contributed by atoms with E-state index in [9.17, 15) is 9.65 Å². The lowest BCUT2D eigenvalue weighted by molar-refractivity contribution is 0.558. The van der Waals surface area contributed by atoms with Crippen LogP contribution in [-0.4, -0.2) is 33.7 Å². The summed E-state index contributed by atoms with van der Waals surface area (Å²) in [5.74, 6) is -0.0840. The molecule has 1 aromatic carbocycles. The first-order chi connectivity index (χ1) is 11.3. The van der Waals surface area contributed by atoms with Crippen LogP contribution < -0.4 is 10.2 Å². The molecule has 1 aliphatic rings. The number of tetrazole rings is 1. The largest absolute Gasteiger partial charge is 0.367 e. The van der Waals surface area contributed by atoms with Crippen molar-refractivity contribution in [2.24, 2.45) is 0 Å². The van der Waals surface area contributed by atoms with E-state index in [1.807, 2.05) is 11.0 Å². The van der Waals surface area contributed by atoms with Crippen LogP contribution in [0.5, 0.6) is 0 Å². The third-order valence-corrected chi connectivity index (χ3v) is 3.74. The minimum Gasteiger partial charge on any atom is -0.367 e. The zero-order valence-corrected chi connectivity index (χ0v) is 12.5. The maximum Gasteiger partial charge on any atom is 0.216 e. The molecule has 0 atom stereocenters. The van der Waals surface area contributed by atoms with Crippen LogP contribution in [0, 0.1) is 17.1 Å². The van der Waals surface area contributed by atoms with Crippen LogP contribution in [0.25, 0.3) is 5.57 Å². The Balaban J connectivity index is 1.88. The third-order valence-electron chi connectivity index (χ3n) is 3.74. The molecule has 2 heterocycles. The first-order valence-corrected chi connectivity index (χ1v) is 7.43. The number of aromatic amines is 1. The number of benzene rings is 1. The number of aromatic nitrogens is 4. The smallest absolute Gasteiger partial charge is 0.216 e. The van der Waals surface area contributed by atoms with Crippen molar-refractivity contribution in [1.29, 1.82) is 5.26 Å². The van der Waals surface area contributed by atoms with Crippen molar-refractivity contribution < 1.29 is 4.39 Å². The highest BCUT2D eigenvalue weighted by Gasteiger charge is 2.18. The van der Waals surface area contributed by atoms with Crippen molar-refractivity contribution in [2.75, 3.05) is 23.3 Å². The monoisotopic (exact) mass is 313 g/mol. The summed E-state index contributed by atoms with van der Waals surface area (Å²) in [5, 5.41) is 25.4. The van der Waals surface area contributed by atoms with E-state index in [0.717, 1.165) is 25.9 Å². The zero-order valence-electron chi connectivity index (χ0n) is 12.5. The van der Waals surface area contributed by atoms with Crippen LogP contribution in [0.2, 0.25) is 0 Å². The van der Waals surface area contributed by atoms with Gasteiger partial charge < -0.3 is 10.2 Å². The fourth-order valence-corrected chi connectivity index (χ4v) is 2.64. The third kappa shape index (κ3) is 3.29. The number of nitriles is 1. The summed E-state index contributed by atoms with van der Waals surface area (Å²) in [6, 6.07) is 6.87. The summed E-state index contributed by atoms with van der Waals surface area (Å²) < 4.78 is 14.3. The number of para-hydroxylation sites is 1. The minimum absolute atomic E-state index is 0.191. The van der Waals surface area contributed by atoms with Gasteiger partial charge in [0.05, 0.1) is 11.4 Å². The minimum atomic E-state index is -0.275. The molecular formula is C15H16FN7. The van der Waals surface area contributed by atoms with Gasteiger partial charge in [-0.1, -0.05) is 6.07 Å². The van der Waals surface area contributed by atoms with Gasteiger partial charge in [0.15, 0.2) is 0 Å². The topological polar surface area (TPSA) is 93.5 Å². The number of hydrogen-bond acceptors (Lipinski definition) is 6. The van der Waals surface area contributed by atoms with Crippen LogP contribution >= 0.6 is 0 Å². The normalized spacial score (nSPS) is 15.3. The number of rotatable bonds is 4. The molecule has 2 aromatic rings. The molecule has 7 nitrogen and oxygen atoms in total. The molecule has 0 saturated carbocycles. The second kappa shape index (κ2) is 6.87. The summed E-state index contributed by atoms with van der Waals surface area (Å²) in [6.07, 6.45) is 4.74. The molecule has 0 unspecified atom stereocenters. The predicted molar refractivity (Wildman–Crippen MR) is 83.9 cm³/mol. The number of H-pyrrole nitrogens is 1. The maximum absolute atomic E-state index is 14.3. The summed E-state index contributed by atoms with van der Waals surface area (Å²) >= 11 is 0. The lowest BCUT2D eigenvalue weighted by Crippen LogP contribution is -2.30. The van der Waals surface area contributed by atoms with Gasteiger partial charge in [-0.3, -0.25) is 0 Å². The van der Waals surface area contributed by atoms with Gasteiger partial charge in [-0.05, 0) is 36.6 Å². The number of nitrogens with zero attached hydrogens (tertiary/aromatic N) is 5. The van der Waals surface area contributed by atoms with Gasteiger partial charge in [0, 0.05) is 19.3 Å². The van der Waals surface area contributed by atoms with E-state index in [2.05, 4.69) is 25.9 Å². The average Bonchev–Trinajstić information content (AvgIpc) is 3.11. The Morgan fingerprint density at radius 3 is 2.87 bits per heavy atom. The highest BCUT2D eigenvalue weighted by atomic mass is 19.1. The Bertz CT molecular complexity index is 727. The quantitative estimate of drug-likeness (QED) is 0.841. The number of halogens is 1. The van der Waals surface area contributed by atoms with Gasteiger partial charge in [0.25, 0.3) is 0 Å². The number of piperidine rings is 1. The van der Waals surface area contributed by atoms with Crippen LogP contribution in [0.4, 0.5) is 15.8 Å². The van der Waals surface area contributed by atoms with Crippen LogP contribution in [0.3, 0.4) is 0 Å². The van der Waals surface area contributed by atoms with Gasteiger partial charge in [0.1, 0.15) is 17.5 Å². The van der Waals surface area contributed by atoms with Crippen LogP contribution in [0.1, 0.15) is 25.1 Å². The second-order valence-corrected chi connectivity index (χ2v) is 5.23. The first kappa shape index (κ1) is 15.0. The van der Waals surface area contributed by atoms with Crippen molar-refractivity contribution in [3.05, 3.63) is 36.0 Å². The molecule has 118 valence electrons. The molecule has 1 aromatic heterocycles. The summed E-state index contributed by atoms with van der Waals surface area (Å²) in [6.45, 7) is 1.66. The Morgan fingerprint density at radius 1 is 1.35 bits per heavy atom. The zero-order chi connectivity index (χ0) is 16.1. The molecule has 2 N–H and O–H groups in total. The summed E-state index contributed by atoms with van der Waals surface area (Å²) in [7, 11) is 0. The Hall–Kier alpha value is -2.95. The molecule has 1 fully saturated rings. The van der Waals surface area contributed by atoms with Crippen LogP contribution in [-0.2, 0) is 0 Å². The Morgan fingerprint density at radius 2 is 2.17 bits per heavy atom. The number of allylic oxidation sites excluding steroid dienone is 1. The molecule has 3 rings (SSSR count). The van der Waals surface area contributed by atoms with Crippen LogP contribution in [0.15, 0.2) is 24.4 Å². The van der Waals surface area contributed by atoms with Gasteiger partial charge in [-0.15, -0.1) is 10.2 Å². The molecule has 1 aliphatic heterocycles. The molecule has 1 saturated heterocycles. The molecular weight excluding hydrogens is 297 g/mol. The summed E-state index contributed by atoms with van der Waals surface area (Å²) in [5.41, 5.74) is 1.37. The van der Waals surface area contributed by atoms with Crippen molar-refractivity contribution in [3.63, 3.8) is 0 Å². The lowest BCUT2D eigenvalue weighted by Gasteiger charge is -2.30. The van der Waals surface area contributed by atoms with E-state index >= 15 is 0 Å². The maximum atomic E-state index is 14.3. The fourth-order valence-electron chi connectivity index (χ4n) is 2.64. The Kier molecular flexibility index (Phi) is 4.47. The van der Waals surface area contributed by atoms with E-state index in [1.165, 1.54) is 18.7 Å². The fraction of sp³-hybridized carbons (Fsp3) is 0.333. The molecule has 0 amide bonds. The van der Waals surface area contributed by atoms with Gasteiger partial charge >= 0.3 is 0 Å². The molecule has 0 bridgehead atoms. The van der Waals surface area contributed by atoms with Crippen molar-refractivity contribution in [3.8, 4) is 6.07 Å². The second-order valence-electron chi connectivity index (χ2n) is 5.23. The SMILES string of the molecule is N#CC(=CNc1cccc(F)c1N1CCCCC1)c1nn[nH]n1. The number of anilines is 2. The van der Waals surface area contributed by atoms with E-state index in [1.54, 1.807) is 12.1 Å². The molecule has 23 heavy (non-hydrogen) atoms. The van der Waals surface area contributed by atoms with Gasteiger partial charge in [0.2, 0.25) is 5.82 Å². The number of nitrogens with one attached hydrogen (secondary N) is 2. The van der Waals surface area contributed by atoms with E-state index < -0.39 is 0 Å². The first-order valence-electron chi connectivity index (χ1n) is 7.43. The molecule has 8 heteroatoms. The Labute approximate surface area is 132 Å². The van der Waals surface area contributed by atoms with Crippen molar-refractivity contribution in [2.45, 2.75) is 19.3 Å². The van der Waals surface area contributed by atoms with Gasteiger partial charge in [-0.25, -0.2) is 4.39 Å².